The van der Waals surface area contributed by atoms with Gasteiger partial charge in [0, 0.05) is 11.9 Å². The number of rotatable bonds is 3. The zero-order chi connectivity index (χ0) is 14.2. The summed E-state index contributed by atoms with van der Waals surface area (Å²) >= 11 is 5.96. The van der Waals surface area contributed by atoms with Crippen molar-refractivity contribution in [1.82, 2.24) is 4.98 Å². The van der Waals surface area contributed by atoms with Gasteiger partial charge >= 0.3 is 0 Å². The van der Waals surface area contributed by atoms with Crippen molar-refractivity contribution in [2.75, 3.05) is 11.1 Å². The number of hydrogen-bond donors (Lipinski definition) is 2. The average molecular weight is 288 g/mol. The van der Waals surface area contributed by atoms with Gasteiger partial charge in [0.1, 0.15) is 0 Å². The Kier molecular flexibility index (Phi) is 3.10. The molecule has 1 aromatic heterocycles. The van der Waals surface area contributed by atoms with Crippen LogP contribution in [-0.4, -0.2) is 10.9 Å². The van der Waals surface area contributed by atoms with Crippen molar-refractivity contribution >= 4 is 28.9 Å². The second-order valence-corrected chi connectivity index (χ2v) is 5.36. The maximum Gasteiger partial charge on any atom is 0.235 e. The fraction of sp³-hybridized carbons (Fsp3) is 0.200. The summed E-state index contributed by atoms with van der Waals surface area (Å²) < 4.78 is 0. The van der Waals surface area contributed by atoms with Crippen LogP contribution in [0.15, 0.2) is 42.6 Å². The smallest absolute Gasteiger partial charge is 0.235 e. The third kappa shape index (κ3) is 2.23. The van der Waals surface area contributed by atoms with E-state index in [4.69, 9.17) is 17.3 Å². The lowest BCUT2D eigenvalue weighted by atomic mass is 9.94. The molecule has 0 radical (unpaired) electrons. The van der Waals surface area contributed by atoms with E-state index in [0.29, 0.717) is 16.5 Å². The number of nitrogens with two attached hydrogens (primary N) is 1. The quantitative estimate of drug-likeness (QED) is 0.673. The molecule has 1 saturated carbocycles. The number of pyridine rings is 1. The number of benzene rings is 1. The van der Waals surface area contributed by atoms with Crippen LogP contribution >= 0.6 is 11.6 Å². The number of carbonyl (C=O) groups is 1. The van der Waals surface area contributed by atoms with Crippen molar-refractivity contribution < 1.29 is 4.79 Å². The van der Waals surface area contributed by atoms with E-state index in [1.54, 1.807) is 18.3 Å². The molecular weight excluding hydrogens is 274 g/mol. The third-order valence-electron chi connectivity index (χ3n) is 3.66. The highest BCUT2D eigenvalue weighted by molar-refractivity contribution is 6.32. The van der Waals surface area contributed by atoms with Crippen LogP contribution in [0.3, 0.4) is 0 Å². The number of nitrogens with zero attached hydrogens (tertiary/aromatic N) is 1. The molecule has 0 spiro atoms. The predicted octanol–water partition coefficient (Wildman–Crippen LogP) is 2.99. The molecule has 1 aliphatic carbocycles. The zero-order valence-corrected chi connectivity index (χ0v) is 11.5. The number of carbonyl (C=O) groups excluding carboxylic acids is 1. The largest absolute Gasteiger partial charge is 0.399 e. The SMILES string of the molecule is Nc1ccc(C2(C(=O)Nc3cccnc3Cl)CC2)cc1. The fourth-order valence-corrected chi connectivity index (χ4v) is 2.46. The molecule has 0 unspecified atom stereocenters. The summed E-state index contributed by atoms with van der Waals surface area (Å²) in [6.45, 7) is 0. The van der Waals surface area contributed by atoms with Gasteiger partial charge in [-0.3, -0.25) is 4.79 Å². The Labute approximate surface area is 122 Å². The molecule has 20 heavy (non-hydrogen) atoms. The lowest BCUT2D eigenvalue weighted by molar-refractivity contribution is -0.118. The topological polar surface area (TPSA) is 68.0 Å². The maximum atomic E-state index is 12.5. The lowest BCUT2D eigenvalue weighted by Gasteiger charge is -2.16. The Bertz CT molecular complexity index is 650. The van der Waals surface area contributed by atoms with Crippen molar-refractivity contribution in [3.63, 3.8) is 0 Å². The first-order chi connectivity index (χ1) is 9.62. The minimum Gasteiger partial charge on any atom is -0.399 e. The molecule has 3 N–H and O–H groups in total. The molecule has 0 aliphatic heterocycles. The van der Waals surface area contributed by atoms with E-state index in [0.717, 1.165) is 18.4 Å². The molecule has 0 saturated heterocycles. The van der Waals surface area contributed by atoms with Crippen LogP contribution in [0.4, 0.5) is 11.4 Å². The number of halogens is 1. The second kappa shape index (κ2) is 4.80. The van der Waals surface area contributed by atoms with E-state index in [2.05, 4.69) is 10.3 Å². The van der Waals surface area contributed by atoms with Crippen molar-refractivity contribution in [2.45, 2.75) is 18.3 Å². The van der Waals surface area contributed by atoms with Crippen LogP contribution in [0.25, 0.3) is 0 Å². The van der Waals surface area contributed by atoms with E-state index in [-0.39, 0.29) is 5.91 Å². The van der Waals surface area contributed by atoms with E-state index in [1.165, 1.54) is 0 Å². The monoisotopic (exact) mass is 287 g/mol. The van der Waals surface area contributed by atoms with E-state index in [1.807, 2.05) is 24.3 Å². The Morgan fingerprint density at radius 2 is 1.95 bits per heavy atom. The molecular formula is C15H14ClN3O. The Morgan fingerprint density at radius 1 is 1.25 bits per heavy atom. The zero-order valence-electron chi connectivity index (χ0n) is 10.8. The van der Waals surface area contributed by atoms with Gasteiger partial charge in [-0.1, -0.05) is 23.7 Å². The highest BCUT2D eigenvalue weighted by atomic mass is 35.5. The molecule has 0 atom stereocenters. The number of nitrogen functional groups attached to an aromatic ring is 1. The molecule has 1 heterocycles. The van der Waals surface area contributed by atoms with Gasteiger partial charge in [-0.25, -0.2) is 4.98 Å². The molecule has 4 nitrogen and oxygen atoms in total. The number of aromatic nitrogens is 1. The molecule has 1 aromatic carbocycles. The van der Waals surface area contributed by atoms with Gasteiger partial charge in [0.2, 0.25) is 5.91 Å². The molecule has 1 aliphatic rings. The Balaban J connectivity index is 1.84. The van der Waals surface area contributed by atoms with Gasteiger partial charge in [0.25, 0.3) is 0 Å². The fourth-order valence-electron chi connectivity index (χ4n) is 2.30. The van der Waals surface area contributed by atoms with E-state index in [9.17, 15) is 4.79 Å². The van der Waals surface area contributed by atoms with Crippen LogP contribution in [0.2, 0.25) is 5.15 Å². The van der Waals surface area contributed by atoms with Crippen molar-refractivity contribution in [3.05, 3.63) is 53.3 Å². The summed E-state index contributed by atoms with van der Waals surface area (Å²) in [6, 6.07) is 10.9. The minimum absolute atomic E-state index is 0.0443. The minimum atomic E-state index is -0.452. The van der Waals surface area contributed by atoms with Crippen molar-refractivity contribution in [2.24, 2.45) is 0 Å². The first-order valence-electron chi connectivity index (χ1n) is 6.40. The maximum absolute atomic E-state index is 12.5. The molecule has 1 amide bonds. The second-order valence-electron chi connectivity index (χ2n) is 5.00. The number of hydrogen-bond acceptors (Lipinski definition) is 3. The van der Waals surface area contributed by atoms with E-state index >= 15 is 0 Å². The molecule has 0 bridgehead atoms. The summed E-state index contributed by atoms with van der Waals surface area (Å²) in [5.74, 6) is -0.0443. The van der Waals surface area contributed by atoms with Crippen LogP contribution in [0, 0.1) is 0 Å². The van der Waals surface area contributed by atoms with Crippen LogP contribution in [0.5, 0.6) is 0 Å². The summed E-state index contributed by atoms with van der Waals surface area (Å²) in [5.41, 5.74) is 7.46. The number of anilines is 2. The highest BCUT2D eigenvalue weighted by Crippen LogP contribution is 2.49. The van der Waals surface area contributed by atoms with Crippen molar-refractivity contribution in [1.29, 1.82) is 0 Å². The lowest BCUT2D eigenvalue weighted by Crippen LogP contribution is -2.28. The standard InChI is InChI=1S/C15H14ClN3O/c16-13-12(2-1-9-18-13)19-14(20)15(7-8-15)10-3-5-11(17)6-4-10/h1-6,9H,7-8,17H2,(H,19,20). The Hall–Kier alpha value is -2.07. The van der Waals surface area contributed by atoms with Gasteiger partial charge in [-0.2, -0.15) is 0 Å². The van der Waals surface area contributed by atoms with Gasteiger partial charge in [-0.15, -0.1) is 0 Å². The average Bonchev–Trinajstić information content (AvgIpc) is 3.24. The van der Waals surface area contributed by atoms with Crippen molar-refractivity contribution in [3.8, 4) is 0 Å². The summed E-state index contributed by atoms with van der Waals surface area (Å²) in [7, 11) is 0. The molecule has 3 rings (SSSR count). The van der Waals surface area contributed by atoms with Crippen LogP contribution < -0.4 is 11.1 Å². The molecule has 5 heteroatoms. The summed E-state index contributed by atoms with van der Waals surface area (Å²) in [5, 5.41) is 3.16. The molecule has 102 valence electrons. The molecule has 1 fully saturated rings. The third-order valence-corrected chi connectivity index (χ3v) is 3.96. The van der Waals surface area contributed by atoms with Gasteiger partial charge in [0.05, 0.1) is 11.1 Å². The van der Waals surface area contributed by atoms with Gasteiger partial charge in [-0.05, 0) is 42.7 Å². The summed E-state index contributed by atoms with van der Waals surface area (Å²) in [4.78, 5) is 16.5. The number of nitrogens with one attached hydrogen (secondary N) is 1. The molecule has 2 aromatic rings. The first-order valence-corrected chi connectivity index (χ1v) is 6.78. The van der Waals surface area contributed by atoms with Gasteiger partial charge < -0.3 is 11.1 Å². The number of amides is 1. The predicted molar refractivity (Wildman–Crippen MR) is 79.6 cm³/mol. The highest BCUT2D eigenvalue weighted by Gasteiger charge is 2.51. The Morgan fingerprint density at radius 3 is 2.55 bits per heavy atom. The normalized spacial score (nSPS) is 15.7. The summed E-state index contributed by atoms with van der Waals surface area (Å²) in [6.07, 6.45) is 3.26. The van der Waals surface area contributed by atoms with Crippen LogP contribution in [0.1, 0.15) is 18.4 Å². The first kappa shape index (κ1) is 12.9. The van der Waals surface area contributed by atoms with Crippen LogP contribution in [-0.2, 0) is 10.2 Å². The van der Waals surface area contributed by atoms with E-state index < -0.39 is 5.41 Å². The van der Waals surface area contributed by atoms with Gasteiger partial charge in [0.15, 0.2) is 5.15 Å².